The van der Waals surface area contributed by atoms with Crippen molar-refractivity contribution in [3.8, 4) is 5.69 Å². The van der Waals surface area contributed by atoms with Crippen molar-refractivity contribution in [1.29, 1.82) is 0 Å². The number of para-hydroxylation sites is 1. The van der Waals surface area contributed by atoms with E-state index in [2.05, 4.69) is 15.7 Å². The number of carbonyl (C=O) groups excluding carboxylic acids is 2. The molecule has 4 rings (SSSR count). The smallest absolute Gasteiger partial charge is 0.251 e. The molecule has 0 aliphatic carbocycles. The lowest BCUT2D eigenvalue weighted by atomic mass is 10.0. The lowest BCUT2D eigenvalue weighted by molar-refractivity contribution is -0.125. The average Bonchev–Trinajstić information content (AvgIpc) is 3.14. The van der Waals surface area contributed by atoms with Gasteiger partial charge in [0.25, 0.3) is 5.91 Å². The van der Waals surface area contributed by atoms with E-state index in [1.54, 1.807) is 0 Å². The minimum Gasteiger partial charge on any atom is -0.340 e. The normalized spacial score (nSPS) is 15.2. The summed E-state index contributed by atoms with van der Waals surface area (Å²) in [7, 11) is 0. The number of aromatic nitrogens is 2. The molecule has 3 aromatic rings. The summed E-state index contributed by atoms with van der Waals surface area (Å²) in [5.74, 6) is -0.402. The van der Waals surface area contributed by atoms with Crippen molar-refractivity contribution in [2.75, 3.05) is 5.32 Å². The van der Waals surface area contributed by atoms with E-state index < -0.39 is 6.04 Å². The van der Waals surface area contributed by atoms with Crippen LogP contribution in [0, 0.1) is 20.8 Å². The Kier molecular flexibility index (Phi) is 4.47. The fourth-order valence-corrected chi connectivity index (χ4v) is 3.77. The molecule has 1 aromatic heterocycles. The maximum Gasteiger partial charge on any atom is 0.251 e. The van der Waals surface area contributed by atoms with Crippen molar-refractivity contribution in [3.63, 3.8) is 0 Å². The van der Waals surface area contributed by atoms with E-state index in [0.29, 0.717) is 0 Å². The summed E-state index contributed by atoms with van der Waals surface area (Å²) in [5, 5.41) is 10.3. The number of hydrogen-bond donors (Lipinski definition) is 2. The van der Waals surface area contributed by atoms with Crippen LogP contribution < -0.4 is 10.6 Å². The van der Waals surface area contributed by atoms with Gasteiger partial charge in [-0.1, -0.05) is 30.3 Å². The van der Waals surface area contributed by atoms with Gasteiger partial charge in [-0.2, -0.15) is 5.10 Å². The number of aryl methyl sites for hydroxylation is 2. The molecule has 0 spiro atoms. The van der Waals surface area contributed by atoms with Gasteiger partial charge in [0.05, 0.1) is 17.8 Å². The first-order valence-electron chi connectivity index (χ1n) is 9.26. The van der Waals surface area contributed by atoms with Gasteiger partial charge >= 0.3 is 0 Å². The van der Waals surface area contributed by atoms with Gasteiger partial charge in [0.15, 0.2) is 0 Å². The molecule has 2 heterocycles. The second kappa shape index (κ2) is 6.96. The minimum atomic E-state index is -0.659. The fraction of sp³-hybridized carbons (Fsp3) is 0.227. The van der Waals surface area contributed by atoms with E-state index in [0.717, 1.165) is 39.5 Å². The van der Waals surface area contributed by atoms with Gasteiger partial charge in [-0.3, -0.25) is 9.59 Å². The van der Waals surface area contributed by atoms with Crippen LogP contribution >= 0.6 is 0 Å². The molecular formula is C22H22N4O2. The zero-order chi connectivity index (χ0) is 19.8. The molecule has 2 aromatic carbocycles. The number of hydrogen-bond acceptors (Lipinski definition) is 3. The topological polar surface area (TPSA) is 76.0 Å². The first-order chi connectivity index (χ1) is 13.5. The van der Waals surface area contributed by atoms with Crippen LogP contribution in [0.3, 0.4) is 0 Å². The van der Waals surface area contributed by atoms with Gasteiger partial charge in [0.1, 0.15) is 6.04 Å². The molecule has 0 fully saturated rings. The van der Waals surface area contributed by atoms with Crippen molar-refractivity contribution in [3.05, 3.63) is 76.6 Å². The molecule has 0 unspecified atom stereocenters. The van der Waals surface area contributed by atoms with E-state index in [-0.39, 0.29) is 18.2 Å². The largest absolute Gasteiger partial charge is 0.340 e. The third-order valence-corrected chi connectivity index (χ3v) is 5.22. The third-order valence-electron chi connectivity index (χ3n) is 5.22. The van der Waals surface area contributed by atoms with Gasteiger partial charge in [0, 0.05) is 22.5 Å². The zero-order valence-corrected chi connectivity index (χ0v) is 16.1. The van der Waals surface area contributed by atoms with E-state index >= 15 is 0 Å². The van der Waals surface area contributed by atoms with Crippen molar-refractivity contribution in [1.82, 2.24) is 15.1 Å². The monoisotopic (exact) mass is 374 g/mol. The SMILES string of the molecule is Cc1cccc2c1[C@@H](NC(=O)Cc1c(C)nn(-c3ccccc3)c1C)C(=O)N2. The number of benzene rings is 2. The van der Waals surface area contributed by atoms with E-state index in [1.165, 1.54) is 0 Å². The highest BCUT2D eigenvalue weighted by atomic mass is 16.2. The second-order valence-corrected chi connectivity index (χ2v) is 7.10. The number of anilines is 1. The molecule has 1 atom stereocenters. The van der Waals surface area contributed by atoms with E-state index in [9.17, 15) is 9.59 Å². The quantitative estimate of drug-likeness (QED) is 0.737. The van der Waals surface area contributed by atoms with Gasteiger partial charge < -0.3 is 10.6 Å². The second-order valence-electron chi connectivity index (χ2n) is 7.10. The van der Waals surface area contributed by atoms with Crippen molar-refractivity contribution >= 4 is 17.5 Å². The minimum absolute atomic E-state index is 0.176. The summed E-state index contributed by atoms with van der Waals surface area (Å²) in [6.07, 6.45) is 0.176. The summed E-state index contributed by atoms with van der Waals surface area (Å²) in [6, 6.07) is 14.8. The highest BCUT2D eigenvalue weighted by molar-refractivity contribution is 6.04. The number of amides is 2. The molecule has 0 saturated carbocycles. The van der Waals surface area contributed by atoms with Crippen LogP contribution in [-0.2, 0) is 16.0 Å². The van der Waals surface area contributed by atoms with Gasteiger partial charge in [-0.05, 0) is 44.5 Å². The molecule has 6 heteroatoms. The van der Waals surface area contributed by atoms with Crippen LogP contribution in [0.2, 0.25) is 0 Å². The lowest BCUT2D eigenvalue weighted by Gasteiger charge is -2.14. The molecule has 2 amide bonds. The van der Waals surface area contributed by atoms with Crippen LogP contribution in [0.5, 0.6) is 0 Å². The zero-order valence-electron chi connectivity index (χ0n) is 16.1. The lowest BCUT2D eigenvalue weighted by Crippen LogP contribution is -2.34. The van der Waals surface area contributed by atoms with Crippen LogP contribution in [-0.4, -0.2) is 21.6 Å². The Morgan fingerprint density at radius 1 is 1.11 bits per heavy atom. The van der Waals surface area contributed by atoms with Gasteiger partial charge in [-0.25, -0.2) is 4.68 Å². The van der Waals surface area contributed by atoms with E-state index in [1.807, 2.05) is 74.0 Å². The molecule has 0 bridgehead atoms. The molecule has 142 valence electrons. The average molecular weight is 374 g/mol. The Morgan fingerprint density at radius 3 is 2.61 bits per heavy atom. The molecule has 6 nitrogen and oxygen atoms in total. The van der Waals surface area contributed by atoms with Crippen LogP contribution in [0.25, 0.3) is 5.69 Å². The Hall–Kier alpha value is -3.41. The van der Waals surface area contributed by atoms with Crippen LogP contribution in [0.15, 0.2) is 48.5 Å². The Bertz CT molecular complexity index is 1070. The molecule has 1 aliphatic heterocycles. The standard InChI is InChI=1S/C22H22N4O2/c1-13-8-7-11-18-20(13)21(22(28)23-18)24-19(27)12-17-14(2)25-26(15(17)3)16-9-5-4-6-10-16/h4-11,21H,12H2,1-3H3,(H,23,28)(H,24,27)/t21-/m1/s1. The molecule has 0 radical (unpaired) electrons. The molecule has 2 N–H and O–H groups in total. The van der Waals surface area contributed by atoms with Gasteiger partial charge in [-0.15, -0.1) is 0 Å². The van der Waals surface area contributed by atoms with Crippen molar-refractivity contribution < 1.29 is 9.59 Å². The Labute approximate surface area is 163 Å². The summed E-state index contributed by atoms with van der Waals surface area (Å²) in [4.78, 5) is 25.1. The molecule has 0 saturated heterocycles. The molecular weight excluding hydrogens is 352 g/mol. The van der Waals surface area contributed by atoms with E-state index in [4.69, 9.17) is 0 Å². The maximum absolute atomic E-state index is 12.8. The van der Waals surface area contributed by atoms with Crippen LogP contribution in [0.1, 0.15) is 34.1 Å². The van der Waals surface area contributed by atoms with Crippen molar-refractivity contribution in [2.24, 2.45) is 0 Å². The maximum atomic E-state index is 12.8. The number of nitrogens with zero attached hydrogens (tertiary/aromatic N) is 2. The molecule has 1 aliphatic rings. The summed E-state index contributed by atoms with van der Waals surface area (Å²) in [5.41, 5.74) is 6.15. The number of carbonyl (C=O) groups is 2. The number of rotatable bonds is 4. The first-order valence-corrected chi connectivity index (χ1v) is 9.26. The summed E-state index contributed by atoms with van der Waals surface area (Å²) < 4.78 is 1.85. The predicted octanol–water partition coefficient (Wildman–Crippen LogP) is 3.15. The molecule has 28 heavy (non-hydrogen) atoms. The number of nitrogens with one attached hydrogen (secondary N) is 2. The summed E-state index contributed by atoms with van der Waals surface area (Å²) in [6.45, 7) is 5.80. The fourth-order valence-electron chi connectivity index (χ4n) is 3.77. The highest BCUT2D eigenvalue weighted by Gasteiger charge is 2.33. The third kappa shape index (κ3) is 3.07. The highest BCUT2D eigenvalue weighted by Crippen LogP contribution is 2.33. The predicted molar refractivity (Wildman–Crippen MR) is 107 cm³/mol. The first kappa shape index (κ1) is 18.0. The number of fused-ring (bicyclic) bond motifs is 1. The summed E-state index contributed by atoms with van der Waals surface area (Å²) >= 11 is 0. The van der Waals surface area contributed by atoms with Crippen LogP contribution in [0.4, 0.5) is 5.69 Å². The van der Waals surface area contributed by atoms with Gasteiger partial charge in [0.2, 0.25) is 5.91 Å². The Morgan fingerprint density at radius 2 is 1.86 bits per heavy atom. The Balaban J connectivity index is 1.56. The van der Waals surface area contributed by atoms with Crippen molar-refractivity contribution in [2.45, 2.75) is 33.2 Å².